The summed E-state index contributed by atoms with van der Waals surface area (Å²) < 4.78 is 13.2. The molecular weight excluding hydrogens is 167 g/mol. The van der Waals surface area contributed by atoms with Crippen molar-refractivity contribution in [3.63, 3.8) is 0 Å². The van der Waals surface area contributed by atoms with Gasteiger partial charge in [0.25, 0.3) is 0 Å². The molecule has 0 atom stereocenters. The van der Waals surface area contributed by atoms with E-state index in [2.05, 4.69) is 10.3 Å². The van der Waals surface area contributed by atoms with Gasteiger partial charge in [-0.3, -0.25) is 0 Å². The van der Waals surface area contributed by atoms with Gasteiger partial charge in [0.1, 0.15) is 11.6 Å². The monoisotopic (exact) mass is 176 g/mol. The smallest absolute Gasteiger partial charge is 0.133 e. The Balaban J connectivity index is 2.84. The van der Waals surface area contributed by atoms with Crippen molar-refractivity contribution in [1.82, 2.24) is 4.98 Å². The van der Waals surface area contributed by atoms with Gasteiger partial charge in [0, 0.05) is 24.0 Å². The molecular formula is C10H9FN2. The summed E-state index contributed by atoms with van der Waals surface area (Å²) in [6.45, 7) is 0. The van der Waals surface area contributed by atoms with Crippen LogP contribution in [0.1, 0.15) is 0 Å². The van der Waals surface area contributed by atoms with E-state index in [-0.39, 0.29) is 5.82 Å². The minimum absolute atomic E-state index is 0.212. The number of halogens is 1. The average molecular weight is 176 g/mol. The van der Waals surface area contributed by atoms with Crippen LogP contribution in [-0.2, 0) is 0 Å². The van der Waals surface area contributed by atoms with Crippen LogP contribution in [0, 0.1) is 5.82 Å². The number of rotatable bonds is 1. The Kier molecular flexibility index (Phi) is 1.85. The maximum atomic E-state index is 13.2. The first-order valence-corrected chi connectivity index (χ1v) is 4.04. The SMILES string of the molecule is CNc1nccc2c(F)cccc12. The lowest BCUT2D eigenvalue weighted by atomic mass is 10.1. The predicted molar refractivity (Wildman–Crippen MR) is 51.2 cm³/mol. The van der Waals surface area contributed by atoms with E-state index in [4.69, 9.17) is 0 Å². The first-order chi connectivity index (χ1) is 6.33. The van der Waals surface area contributed by atoms with E-state index in [1.807, 2.05) is 6.07 Å². The second-order valence-electron chi connectivity index (χ2n) is 2.74. The number of pyridine rings is 1. The normalized spacial score (nSPS) is 10.3. The highest BCUT2D eigenvalue weighted by Crippen LogP contribution is 2.22. The molecule has 3 heteroatoms. The third kappa shape index (κ3) is 1.22. The minimum Gasteiger partial charge on any atom is -0.373 e. The Bertz CT molecular complexity index is 440. The van der Waals surface area contributed by atoms with Crippen molar-refractivity contribution in [2.75, 3.05) is 12.4 Å². The second kappa shape index (κ2) is 3.01. The molecule has 0 amide bonds. The van der Waals surface area contributed by atoms with Gasteiger partial charge in [-0.05, 0) is 12.1 Å². The molecule has 66 valence electrons. The summed E-state index contributed by atoms with van der Waals surface area (Å²) in [6, 6.07) is 6.64. The third-order valence-corrected chi connectivity index (χ3v) is 1.99. The zero-order valence-electron chi connectivity index (χ0n) is 7.21. The van der Waals surface area contributed by atoms with Gasteiger partial charge in [-0.1, -0.05) is 12.1 Å². The predicted octanol–water partition coefficient (Wildman–Crippen LogP) is 2.42. The van der Waals surface area contributed by atoms with E-state index in [1.54, 1.807) is 25.4 Å². The number of fused-ring (bicyclic) bond motifs is 1. The third-order valence-electron chi connectivity index (χ3n) is 1.99. The summed E-state index contributed by atoms with van der Waals surface area (Å²) in [5.41, 5.74) is 0. The molecule has 1 aromatic carbocycles. The lowest BCUT2D eigenvalue weighted by Gasteiger charge is -2.04. The fraction of sp³-hybridized carbons (Fsp3) is 0.100. The van der Waals surface area contributed by atoms with Gasteiger partial charge >= 0.3 is 0 Å². The lowest BCUT2D eigenvalue weighted by molar-refractivity contribution is 0.640. The molecule has 1 N–H and O–H groups in total. The largest absolute Gasteiger partial charge is 0.373 e. The molecule has 0 aliphatic heterocycles. The van der Waals surface area contributed by atoms with Crippen molar-refractivity contribution in [3.8, 4) is 0 Å². The molecule has 0 saturated carbocycles. The van der Waals surface area contributed by atoms with Crippen LogP contribution in [0.5, 0.6) is 0 Å². The zero-order valence-corrected chi connectivity index (χ0v) is 7.21. The van der Waals surface area contributed by atoms with E-state index < -0.39 is 0 Å². The van der Waals surface area contributed by atoms with Gasteiger partial charge in [0.2, 0.25) is 0 Å². The number of anilines is 1. The number of nitrogens with one attached hydrogen (secondary N) is 1. The minimum atomic E-state index is -0.212. The maximum absolute atomic E-state index is 13.2. The van der Waals surface area contributed by atoms with Gasteiger partial charge in [-0.15, -0.1) is 0 Å². The van der Waals surface area contributed by atoms with Gasteiger partial charge in [0.15, 0.2) is 0 Å². The summed E-state index contributed by atoms with van der Waals surface area (Å²) in [6.07, 6.45) is 1.59. The van der Waals surface area contributed by atoms with E-state index in [9.17, 15) is 4.39 Å². The highest BCUT2D eigenvalue weighted by Gasteiger charge is 2.03. The summed E-state index contributed by atoms with van der Waals surface area (Å²) in [7, 11) is 1.77. The first-order valence-electron chi connectivity index (χ1n) is 4.04. The average Bonchev–Trinajstić information content (AvgIpc) is 2.18. The highest BCUT2D eigenvalue weighted by atomic mass is 19.1. The van der Waals surface area contributed by atoms with Crippen molar-refractivity contribution in [1.29, 1.82) is 0 Å². The van der Waals surface area contributed by atoms with Crippen LogP contribution in [0.4, 0.5) is 10.2 Å². The summed E-state index contributed by atoms with van der Waals surface area (Å²) in [5, 5.41) is 4.33. The Labute approximate surface area is 75.4 Å². The van der Waals surface area contributed by atoms with Crippen molar-refractivity contribution in [2.24, 2.45) is 0 Å². The summed E-state index contributed by atoms with van der Waals surface area (Å²) in [4.78, 5) is 4.09. The topological polar surface area (TPSA) is 24.9 Å². The van der Waals surface area contributed by atoms with Gasteiger partial charge in [0.05, 0.1) is 0 Å². The number of nitrogens with zero attached hydrogens (tertiary/aromatic N) is 1. The molecule has 0 fully saturated rings. The fourth-order valence-corrected chi connectivity index (χ4v) is 1.37. The molecule has 0 radical (unpaired) electrons. The van der Waals surface area contributed by atoms with Crippen molar-refractivity contribution in [2.45, 2.75) is 0 Å². The molecule has 0 bridgehead atoms. The molecule has 2 nitrogen and oxygen atoms in total. The molecule has 0 aliphatic carbocycles. The Morgan fingerprint density at radius 1 is 1.23 bits per heavy atom. The Morgan fingerprint density at radius 2 is 2.08 bits per heavy atom. The highest BCUT2D eigenvalue weighted by molar-refractivity contribution is 5.91. The second-order valence-corrected chi connectivity index (χ2v) is 2.74. The standard InChI is InChI=1S/C10H9FN2/c1-12-10-8-3-2-4-9(11)7(8)5-6-13-10/h2-6H,1H3,(H,12,13). The van der Waals surface area contributed by atoms with Crippen LogP contribution in [0.3, 0.4) is 0 Å². The van der Waals surface area contributed by atoms with Crippen LogP contribution in [0.15, 0.2) is 30.5 Å². The van der Waals surface area contributed by atoms with E-state index >= 15 is 0 Å². The van der Waals surface area contributed by atoms with Crippen LogP contribution in [0.25, 0.3) is 10.8 Å². The summed E-state index contributed by atoms with van der Waals surface area (Å²) in [5.74, 6) is 0.494. The Morgan fingerprint density at radius 3 is 2.85 bits per heavy atom. The zero-order chi connectivity index (χ0) is 9.26. The lowest BCUT2D eigenvalue weighted by Crippen LogP contribution is -1.93. The van der Waals surface area contributed by atoms with Crippen molar-refractivity contribution >= 4 is 16.6 Å². The maximum Gasteiger partial charge on any atom is 0.133 e. The number of hydrogen-bond acceptors (Lipinski definition) is 2. The van der Waals surface area contributed by atoms with Gasteiger partial charge < -0.3 is 5.32 Å². The van der Waals surface area contributed by atoms with E-state index in [1.165, 1.54) is 6.07 Å². The number of benzene rings is 1. The molecule has 0 saturated heterocycles. The van der Waals surface area contributed by atoms with Gasteiger partial charge in [-0.25, -0.2) is 9.37 Å². The number of hydrogen-bond donors (Lipinski definition) is 1. The molecule has 1 heterocycles. The molecule has 1 aromatic heterocycles. The van der Waals surface area contributed by atoms with Crippen LogP contribution in [0.2, 0.25) is 0 Å². The molecule has 0 unspecified atom stereocenters. The molecule has 13 heavy (non-hydrogen) atoms. The van der Waals surface area contributed by atoms with Crippen molar-refractivity contribution < 1.29 is 4.39 Å². The quantitative estimate of drug-likeness (QED) is 0.721. The number of aromatic nitrogens is 1. The molecule has 2 aromatic rings. The van der Waals surface area contributed by atoms with E-state index in [0.717, 1.165) is 5.39 Å². The Hall–Kier alpha value is -1.64. The fourth-order valence-electron chi connectivity index (χ4n) is 1.37. The van der Waals surface area contributed by atoms with Crippen LogP contribution >= 0.6 is 0 Å². The van der Waals surface area contributed by atoms with Crippen LogP contribution in [-0.4, -0.2) is 12.0 Å². The summed E-state index contributed by atoms with van der Waals surface area (Å²) >= 11 is 0. The molecule has 2 rings (SSSR count). The molecule has 0 spiro atoms. The van der Waals surface area contributed by atoms with Crippen molar-refractivity contribution in [3.05, 3.63) is 36.3 Å². The molecule has 0 aliphatic rings. The van der Waals surface area contributed by atoms with Gasteiger partial charge in [-0.2, -0.15) is 0 Å². The van der Waals surface area contributed by atoms with Crippen LogP contribution < -0.4 is 5.32 Å². The first kappa shape index (κ1) is 7.98. The van der Waals surface area contributed by atoms with E-state index in [0.29, 0.717) is 11.2 Å².